The molecule has 25 heavy (non-hydrogen) atoms. The van der Waals surface area contributed by atoms with E-state index in [1.165, 1.54) is 0 Å². The van der Waals surface area contributed by atoms with E-state index in [1.54, 1.807) is 18.3 Å². The summed E-state index contributed by atoms with van der Waals surface area (Å²) < 4.78 is 37.4. The van der Waals surface area contributed by atoms with Gasteiger partial charge in [-0.2, -0.15) is 0 Å². The van der Waals surface area contributed by atoms with Gasteiger partial charge >= 0.3 is 0 Å². The fourth-order valence-corrected chi connectivity index (χ4v) is 4.58. The van der Waals surface area contributed by atoms with Crippen LogP contribution in [0.15, 0.2) is 28.7 Å². The smallest absolute Gasteiger partial charge is 0.219 e. The molecule has 1 fully saturated rings. The number of aromatic nitrogens is 2. The molecule has 1 aromatic carbocycles. The lowest BCUT2D eigenvalue weighted by Crippen LogP contribution is -2.39. The van der Waals surface area contributed by atoms with Crippen LogP contribution < -0.4 is 4.74 Å². The molecule has 0 atom stereocenters. The Hall–Kier alpha value is -1.93. The Kier molecular flexibility index (Phi) is 5.39. The van der Waals surface area contributed by atoms with Crippen LogP contribution in [0.5, 0.6) is 5.75 Å². The molecular formula is C17H23N3O4S. The highest BCUT2D eigenvalue weighted by Crippen LogP contribution is 2.28. The van der Waals surface area contributed by atoms with Crippen molar-refractivity contribution in [2.75, 3.05) is 26.0 Å². The summed E-state index contributed by atoms with van der Waals surface area (Å²) >= 11 is 0. The van der Waals surface area contributed by atoms with Crippen molar-refractivity contribution in [1.82, 2.24) is 14.5 Å². The summed E-state index contributed by atoms with van der Waals surface area (Å²) in [7, 11) is -1.67. The van der Waals surface area contributed by atoms with Crippen molar-refractivity contribution >= 4 is 10.0 Å². The summed E-state index contributed by atoms with van der Waals surface area (Å²) in [6.45, 7) is 2.74. The first-order chi connectivity index (χ1) is 12.0. The summed E-state index contributed by atoms with van der Waals surface area (Å²) in [5.74, 6) is 2.15. The lowest BCUT2D eigenvalue weighted by Gasteiger charge is -2.29. The van der Waals surface area contributed by atoms with E-state index in [1.807, 2.05) is 24.3 Å². The molecule has 0 spiro atoms. The Morgan fingerprint density at radius 3 is 2.68 bits per heavy atom. The van der Waals surface area contributed by atoms with Crippen LogP contribution in [0.2, 0.25) is 0 Å². The van der Waals surface area contributed by atoms with Gasteiger partial charge in [0.2, 0.25) is 21.8 Å². The monoisotopic (exact) mass is 365 g/mol. The Morgan fingerprint density at radius 1 is 1.28 bits per heavy atom. The highest BCUT2D eigenvalue weighted by Gasteiger charge is 2.30. The van der Waals surface area contributed by atoms with Crippen molar-refractivity contribution in [2.24, 2.45) is 0 Å². The molecule has 1 aliphatic heterocycles. The van der Waals surface area contributed by atoms with Gasteiger partial charge in [-0.15, -0.1) is 10.2 Å². The minimum absolute atomic E-state index is 0.102. The molecule has 2 aromatic rings. The largest absolute Gasteiger partial charge is 0.497 e. The second-order valence-corrected chi connectivity index (χ2v) is 8.34. The lowest BCUT2D eigenvalue weighted by atomic mass is 9.98. The third-order valence-electron chi connectivity index (χ3n) is 4.52. The minimum atomic E-state index is -3.28. The zero-order valence-corrected chi connectivity index (χ0v) is 15.3. The molecule has 0 N–H and O–H groups in total. The van der Waals surface area contributed by atoms with Crippen LogP contribution in [0.25, 0.3) is 0 Å². The summed E-state index contributed by atoms with van der Waals surface area (Å²) in [5.41, 5.74) is 0.958. The third kappa shape index (κ3) is 4.38. The van der Waals surface area contributed by atoms with Gasteiger partial charge < -0.3 is 9.15 Å². The molecule has 7 nitrogen and oxygen atoms in total. The highest BCUT2D eigenvalue weighted by atomic mass is 32.2. The predicted molar refractivity (Wildman–Crippen MR) is 93.1 cm³/mol. The van der Waals surface area contributed by atoms with Crippen molar-refractivity contribution in [3.63, 3.8) is 0 Å². The number of benzene rings is 1. The average Bonchev–Trinajstić information content (AvgIpc) is 3.07. The molecule has 0 unspecified atom stereocenters. The SMILES string of the molecule is COc1cccc(CCS(=O)(=O)N2CCC(c3nnc(C)o3)CC2)c1. The van der Waals surface area contributed by atoms with Gasteiger partial charge in [0.05, 0.1) is 12.9 Å². The molecule has 1 aliphatic rings. The molecular weight excluding hydrogens is 342 g/mol. The van der Waals surface area contributed by atoms with E-state index in [2.05, 4.69) is 10.2 Å². The van der Waals surface area contributed by atoms with Crippen molar-refractivity contribution in [3.05, 3.63) is 41.6 Å². The van der Waals surface area contributed by atoms with Crippen LogP contribution in [-0.4, -0.2) is 48.9 Å². The number of ether oxygens (including phenoxy) is 1. The van der Waals surface area contributed by atoms with E-state index in [9.17, 15) is 8.42 Å². The molecule has 3 rings (SSSR count). The molecule has 8 heteroatoms. The van der Waals surface area contributed by atoms with Gasteiger partial charge in [0.1, 0.15) is 5.75 Å². The fourth-order valence-electron chi connectivity index (χ4n) is 3.06. The normalized spacial score (nSPS) is 16.9. The van der Waals surface area contributed by atoms with Crippen molar-refractivity contribution < 1.29 is 17.6 Å². The van der Waals surface area contributed by atoms with Gasteiger partial charge in [-0.3, -0.25) is 0 Å². The maximum atomic E-state index is 12.6. The Morgan fingerprint density at radius 2 is 2.04 bits per heavy atom. The van der Waals surface area contributed by atoms with Crippen LogP contribution >= 0.6 is 0 Å². The van der Waals surface area contributed by atoms with Crippen molar-refractivity contribution in [1.29, 1.82) is 0 Å². The minimum Gasteiger partial charge on any atom is -0.497 e. The van der Waals surface area contributed by atoms with E-state index in [0.717, 1.165) is 11.3 Å². The van der Waals surface area contributed by atoms with Crippen molar-refractivity contribution in [3.8, 4) is 5.75 Å². The summed E-state index contributed by atoms with van der Waals surface area (Å²) in [5, 5.41) is 7.90. The van der Waals surface area contributed by atoms with Gasteiger partial charge in [-0.25, -0.2) is 12.7 Å². The van der Waals surface area contributed by atoms with Gasteiger partial charge in [-0.1, -0.05) is 12.1 Å². The highest BCUT2D eigenvalue weighted by molar-refractivity contribution is 7.89. The number of aryl methyl sites for hydroxylation is 2. The predicted octanol–water partition coefficient (Wildman–Crippen LogP) is 2.14. The number of methoxy groups -OCH3 is 1. The number of hydrogen-bond donors (Lipinski definition) is 0. The maximum absolute atomic E-state index is 12.6. The second kappa shape index (κ2) is 7.53. The zero-order valence-electron chi connectivity index (χ0n) is 14.5. The standard InChI is InChI=1S/C17H23N3O4S/c1-13-18-19-17(24-13)15-6-9-20(10-7-15)25(21,22)11-8-14-4-3-5-16(12-14)23-2/h3-5,12,15H,6-11H2,1-2H3. The van der Waals surface area contributed by atoms with E-state index in [0.29, 0.717) is 44.1 Å². The van der Waals surface area contributed by atoms with E-state index in [4.69, 9.17) is 9.15 Å². The number of hydrogen-bond acceptors (Lipinski definition) is 6. The van der Waals surface area contributed by atoms with Gasteiger partial charge in [0.25, 0.3) is 0 Å². The zero-order chi connectivity index (χ0) is 17.9. The van der Waals surface area contributed by atoms with Crippen LogP contribution in [-0.2, 0) is 16.4 Å². The Labute approximate surface area is 148 Å². The molecule has 0 amide bonds. The van der Waals surface area contributed by atoms with E-state index >= 15 is 0 Å². The summed E-state index contributed by atoms with van der Waals surface area (Å²) in [4.78, 5) is 0. The molecule has 1 aromatic heterocycles. The van der Waals surface area contributed by atoms with Crippen LogP contribution in [0, 0.1) is 6.92 Å². The molecule has 136 valence electrons. The number of piperidine rings is 1. The quantitative estimate of drug-likeness (QED) is 0.780. The van der Waals surface area contributed by atoms with Crippen LogP contribution in [0.4, 0.5) is 0 Å². The van der Waals surface area contributed by atoms with Crippen molar-refractivity contribution in [2.45, 2.75) is 32.1 Å². The molecule has 0 saturated carbocycles. The first-order valence-corrected chi connectivity index (χ1v) is 9.99. The average molecular weight is 365 g/mol. The number of sulfonamides is 1. The molecule has 0 aliphatic carbocycles. The second-order valence-electron chi connectivity index (χ2n) is 6.25. The summed E-state index contributed by atoms with van der Waals surface area (Å²) in [6.07, 6.45) is 1.89. The third-order valence-corrected chi connectivity index (χ3v) is 6.39. The maximum Gasteiger partial charge on any atom is 0.219 e. The topological polar surface area (TPSA) is 85.5 Å². The lowest BCUT2D eigenvalue weighted by molar-refractivity contribution is 0.288. The molecule has 2 heterocycles. The molecule has 0 radical (unpaired) electrons. The van der Waals surface area contributed by atoms with Gasteiger partial charge in [0, 0.05) is 25.9 Å². The fraction of sp³-hybridized carbons (Fsp3) is 0.529. The van der Waals surface area contributed by atoms with E-state index in [-0.39, 0.29) is 11.7 Å². The van der Waals surface area contributed by atoms with Crippen LogP contribution in [0.1, 0.15) is 36.1 Å². The first-order valence-electron chi connectivity index (χ1n) is 8.38. The van der Waals surface area contributed by atoms with Gasteiger partial charge in [0.15, 0.2) is 0 Å². The molecule has 1 saturated heterocycles. The molecule has 0 bridgehead atoms. The first kappa shape index (κ1) is 17.9. The van der Waals surface area contributed by atoms with E-state index < -0.39 is 10.0 Å². The Bertz CT molecular complexity index is 811. The summed E-state index contributed by atoms with van der Waals surface area (Å²) in [6, 6.07) is 7.52. The van der Waals surface area contributed by atoms with Crippen LogP contribution in [0.3, 0.4) is 0 Å². The number of rotatable bonds is 6. The Balaban J connectivity index is 1.56. The van der Waals surface area contributed by atoms with Gasteiger partial charge in [-0.05, 0) is 37.0 Å². The number of nitrogens with zero attached hydrogens (tertiary/aromatic N) is 3.